The van der Waals surface area contributed by atoms with Crippen LogP contribution in [-0.4, -0.2) is 5.11 Å². The summed E-state index contributed by atoms with van der Waals surface area (Å²) in [6, 6.07) is 1.17. The van der Waals surface area contributed by atoms with Gasteiger partial charge >= 0.3 is 6.18 Å². The van der Waals surface area contributed by atoms with Crippen LogP contribution in [0.3, 0.4) is 0 Å². The Morgan fingerprint density at radius 1 is 1.40 bits per heavy atom. The Morgan fingerprint density at radius 2 is 1.93 bits per heavy atom. The summed E-state index contributed by atoms with van der Waals surface area (Å²) in [5, 5.41) is 9.26. The largest absolute Gasteiger partial charge is 0.507 e. The van der Waals surface area contributed by atoms with Gasteiger partial charge < -0.3 is 10.8 Å². The number of phenols is 1. The number of phenolic OH excluding ortho intramolecular Hbond substituents is 1. The molecule has 0 radical (unpaired) electrons. The molecule has 0 saturated heterocycles. The third-order valence-electron chi connectivity index (χ3n) is 1.90. The van der Waals surface area contributed by atoms with Crippen molar-refractivity contribution in [3.8, 4) is 5.75 Å². The van der Waals surface area contributed by atoms with Crippen LogP contribution in [-0.2, 0) is 6.18 Å². The molecule has 0 spiro atoms. The highest BCUT2D eigenvalue weighted by molar-refractivity contribution is 6.30. The fourth-order valence-corrected chi connectivity index (χ4v) is 1.41. The minimum atomic E-state index is -4.64. The van der Waals surface area contributed by atoms with E-state index in [-0.39, 0.29) is 10.6 Å². The van der Waals surface area contributed by atoms with Gasteiger partial charge in [-0.1, -0.05) is 11.6 Å². The molecule has 0 heterocycles. The minimum absolute atomic E-state index is 0.0187. The first kappa shape index (κ1) is 12.1. The molecule has 1 rings (SSSR count). The number of nitrogens with two attached hydrogens (primary N) is 1. The molecule has 0 fully saturated rings. The molecule has 6 heteroatoms. The van der Waals surface area contributed by atoms with E-state index >= 15 is 0 Å². The second-order valence-corrected chi connectivity index (χ2v) is 3.61. The van der Waals surface area contributed by atoms with Gasteiger partial charge in [0.2, 0.25) is 0 Å². The summed E-state index contributed by atoms with van der Waals surface area (Å²) in [5.41, 5.74) is 4.23. The molecule has 3 N–H and O–H groups in total. The van der Waals surface area contributed by atoms with E-state index < -0.39 is 23.5 Å². The summed E-state index contributed by atoms with van der Waals surface area (Å²) < 4.78 is 37.2. The van der Waals surface area contributed by atoms with E-state index in [1.54, 1.807) is 0 Å². The van der Waals surface area contributed by atoms with E-state index in [1.807, 2.05) is 0 Å². The Morgan fingerprint density at radius 3 is 2.33 bits per heavy atom. The van der Waals surface area contributed by atoms with Gasteiger partial charge in [-0.05, 0) is 19.1 Å². The minimum Gasteiger partial charge on any atom is -0.507 e. The Bertz CT molecular complexity index is 376. The standard InChI is InChI=1S/C9H9ClF3NO/c1-4(14)6-2-5(10)3-7(8(6)15)9(11,12)13/h2-4,15H,14H2,1H3. The van der Waals surface area contributed by atoms with Crippen LogP contribution >= 0.6 is 11.6 Å². The summed E-state index contributed by atoms with van der Waals surface area (Å²) in [6.45, 7) is 1.46. The van der Waals surface area contributed by atoms with Crippen molar-refractivity contribution in [2.75, 3.05) is 0 Å². The molecule has 0 saturated carbocycles. The highest BCUT2D eigenvalue weighted by Gasteiger charge is 2.35. The zero-order valence-corrected chi connectivity index (χ0v) is 8.52. The number of rotatable bonds is 1. The van der Waals surface area contributed by atoms with Crippen molar-refractivity contribution < 1.29 is 18.3 Å². The average Bonchev–Trinajstić information content (AvgIpc) is 2.06. The summed E-state index contributed by atoms with van der Waals surface area (Å²) in [5.74, 6) is -0.859. The predicted molar refractivity (Wildman–Crippen MR) is 50.7 cm³/mol. The van der Waals surface area contributed by atoms with Crippen molar-refractivity contribution >= 4 is 11.6 Å². The van der Waals surface area contributed by atoms with E-state index in [1.165, 1.54) is 13.0 Å². The van der Waals surface area contributed by atoms with Gasteiger partial charge in [0.1, 0.15) is 5.75 Å². The number of hydrogen-bond donors (Lipinski definition) is 2. The lowest BCUT2D eigenvalue weighted by molar-refractivity contribution is -0.138. The van der Waals surface area contributed by atoms with Crippen molar-refractivity contribution in [3.63, 3.8) is 0 Å². The van der Waals surface area contributed by atoms with E-state index in [9.17, 15) is 18.3 Å². The number of halogens is 4. The predicted octanol–water partition coefficient (Wildman–Crippen LogP) is 3.08. The lowest BCUT2D eigenvalue weighted by atomic mass is 10.0. The van der Waals surface area contributed by atoms with Crippen LogP contribution in [0, 0.1) is 0 Å². The van der Waals surface area contributed by atoms with Gasteiger partial charge in [0.15, 0.2) is 0 Å². The van der Waals surface area contributed by atoms with Crippen LogP contribution in [0.15, 0.2) is 12.1 Å². The highest BCUT2D eigenvalue weighted by Crippen LogP contribution is 2.40. The van der Waals surface area contributed by atoms with Gasteiger partial charge in [-0.15, -0.1) is 0 Å². The molecule has 1 aromatic carbocycles. The summed E-state index contributed by atoms with van der Waals surface area (Å²) in [6.07, 6.45) is -4.64. The van der Waals surface area contributed by atoms with E-state index in [0.29, 0.717) is 6.07 Å². The number of alkyl halides is 3. The number of aromatic hydroxyl groups is 1. The highest BCUT2D eigenvalue weighted by atomic mass is 35.5. The van der Waals surface area contributed by atoms with Crippen LogP contribution in [0.5, 0.6) is 5.75 Å². The molecule has 1 aromatic rings. The smallest absolute Gasteiger partial charge is 0.420 e. The van der Waals surface area contributed by atoms with Crippen molar-refractivity contribution in [2.45, 2.75) is 19.1 Å². The van der Waals surface area contributed by atoms with Gasteiger partial charge in [-0.25, -0.2) is 0 Å². The Kier molecular flexibility index (Phi) is 3.16. The third kappa shape index (κ3) is 2.54. The van der Waals surface area contributed by atoms with Gasteiger partial charge in [-0.3, -0.25) is 0 Å². The molecule has 1 unspecified atom stereocenters. The molecule has 0 amide bonds. The van der Waals surface area contributed by atoms with Crippen LogP contribution in [0.4, 0.5) is 13.2 Å². The first-order valence-corrected chi connectivity index (χ1v) is 4.46. The van der Waals surface area contributed by atoms with Crippen LogP contribution < -0.4 is 5.73 Å². The maximum atomic E-state index is 12.4. The van der Waals surface area contributed by atoms with Crippen molar-refractivity contribution in [3.05, 3.63) is 28.3 Å². The zero-order chi connectivity index (χ0) is 11.8. The normalized spacial score (nSPS) is 14.0. The van der Waals surface area contributed by atoms with Crippen LogP contribution in [0.1, 0.15) is 24.1 Å². The Hall–Kier alpha value is -0.940. The average molecular weight is 240 g/mol. The molecular formula is C9H9ClF3NO. The third-order valence-corrected chi connectivity index (χ3v) is 2.12. The second kappa shape index (κ2) is 3.90. The van der Waals surface area contributed by atoms with Crippen LogP contribution in [0.2, 0.25) is 5.02 Å². The van der Waals surface area contributed by atoms with E-state index in [0.717, 1.165) is 0 Å². The van der Waals surface area contributed by atoms with Gasteiger partial charge in [-0.2, -0.15) is 13.2 Å². The molecule has 0 aliphatic rings. The van der Waals surface area contributed by atoms with Gasteiger partial charge in [0.25, 0.3) is 0 Å². The lowest BCUT2D eigenvalue weighted by Crippen LogP contribution is -2.10. The monoisotopic (exact) mass is 239 g/mol. The first-order valence-electron chi connectivity index (χ1n) is 4.08. The second-order valence-electron chi connectivity index (χ2n) is 3.18. The fraction of sp³-hybridized carbons (Fsp3) is 0.333. The molecular weight excluding hydrogens is 231 g/mol. The molecule has 2 nitrogen and oxygen atoms in total. The SMILES string of the molecule is CC(N)c1cc(Cl)cc(C(F)(F)F)c1O. The molecule has 15 heavy (non-hydrogen) atoms. The van der Waals surface area contributed by atoms with E-state index in [2.05, 4.69) is 0 Å². The zero-order valence-electron chi connectivity index (χ0n) is 7.77. The van der Waals surface area contributed by atoms with Crippen molar-refractivity contribution in [2.24, 2.45) is 5.73 Å². The molecule has 84 valence electrons. The summed E-state index contributed by atoms with van der Waals surface area (Å²) >= 11 is 5.51. The number of benzene rings is 1. The Balaban J connectivity index is 3.42. The van der Waals surface area contributed by atoms with Gasteiger partial charge in [0.05, 0.1) is 5.56 Å². The van der Waals surface area contributed by atoms with Crippen molar-refractivity contribution in [1.82, 2.24) is 0 Å². The molecule has 0 aromatic heterocycles. The quantitative estimate of drug-likeness (QED) is 0.791. The summed E-state index contributed by atoms with van der Waals surface area (Å²) in [7, 11) is 0. The van der Waals surface area contributed by atoms with Crippen LogP contribution in [0.25, 0.3) is 0 Å². The first-order chi connectivity index (χ1) is 6.73. The lowest BCUT2D eigenvalue weighted by Gasteiger charge is -2.15. The van der Waals surface area contributed by atoms with Gasteiger partial charge in [0, 0.05) is 16.6 Å². The number of hydrogen-bond acceptors (Lipinski definition) is 2. The van der Waals surface area contributed by atoms with E-state index in [4.69, 9.17) is 17.3 Å². The topological polar surface area (TPSA) is 46.2 Å². The molecule has 0 bridgehead atoms. The molecule has 0 aliphatic carbocycles. The maximum Gasteiger partial charge on any atom is 0.420 e. The van der Waals surface area contributed by atoms with Crippen molar-refractivity contribution in [1.29, 1.82) is 0 Å². The fourth-order valence-electron chi connectivity index (χ4n) is 1.18. The molecule has 1 atom stereocenters. The Labute approximate surface area is 89.5 Å². The summed E-state index contributed by atoms with van der Waals surface area (Å²) in [4.78, 5) is 0. The molecule has 0 aliphatic heterocycles. The maximum absolute atomic E-state index is 12.4.